The largest absolute Gasteiger partial charge is 0.416 e. The Labute approximate surface area is 100 Å². The molecule has 0 aromatic carbocycles. The van der Waals surface area contributed by atoms with Crippen molar-refractivity contribution in [2.45, 2.75) is 63.9 Å². The second-order valence-corrected chi connectivity index (χ2v) is 11.4. The van der Waals surface area contributed by atoms with Gasteiger partial charge >= 0.3 is 0 Å². The van der Waals surface area contributed by atoms with Crippen LogP contribution in [0.2, 0.25) is 18.1 Å². The summed E-state index contributed by atoms with van der Waals surface area (Å²) in [6.07, 6.45) is 1.36. The van der Waals surface area contributed by atoms with Crippen LogP contribution in [0.4, 0.5) is 0 Å². The summed E-state index contributed by atoms with van der Waals surface area (Å²) >= 11 is 0. The van der Waals surface area contributed by atoms with E-state index in [1.165, 1.54) is 0 Å². The third-order valence-electron chi connectivity index (χ3n) is 4.16. The first-order valence-electron chi connectivity index (χ1n) is 6.21. The molecule has 16 heavy (non-hydrogen) atoms. The number of aliphatic hydroxyl groups is 1. The van der Waals surface area contributed by atoms with Gasteiger partial charge in [-0.25, -0.2) is 0 Å². The zero-order chi connectivity index (χ0) is 12.6. The fourth-order valence-corrected chi connectivity index (χ4v) is 2.92. The van der Waals surface area contributed by atoms with Crippen LogP contribution < -0.4 is 5.73 Å². The van der Waals surface area contributed by atoms with E-state index in [9.17, 15) is 5.11 Å². The van der Waals surface area contributed by atoms with Crippen molar-refractivity contribution in [3.63, 3.8) is 0 Å². The standard InChI is InChI=1S/C12H27NO2Si/c1-12(2,3)16(4,5)15-8-9-6-10(13)7-11(9)14/h9-11,14H,6-8,13H2,1-5H3/t9-,10+,11-/m0/s1. The van der Waals surface area contributed by atoms with Crippen LogP contribution in [-0.4, -0.2) is 32.2 Å². The molecule has 1 fully saturated rings. The summed E-state index contributed by atoms with van der Waals surface area (Å²) in [4.78, 5) is 0. The van der Waals surface area contributed by atoms with Gasteiger partial charge in [0.1, 0.15) is 0 Å². The Balaban J connectivity index is 2.46. The van der Waals surface area contributed by atoms with Crippen molar-refractivity contribution in [1.82, 2.24) is 0 Å². The van der Waals surface area contributed by atoms with Gasteiger partial charge in [-0.2, -0.15) is 0 Å². The van der Waals surface area contributed by atoms with Gasteiger partial charge in [0, 0.05) is 18.6 Å². The maximum absolute atomic E-state index is 9.81. The minimum atomic E-state index is -1.68. The van der Waals surface area contributed by atoms with Gasteiger partial charge in [0.15, 0.2) is 8.32 Å². The van der Waals surface area contributed by atoms with E-state index in [4.69, 9.17) is 10.2 Å². The Morgan fingerprint density at radius 3 is 2.25 bits per heavy atom. The molecular weight excluding hydrogens is 218 g/mol. The molecule has 0 unspecified atom stereocenters. The molecule has 4 heteroatoms. The minimum absolute atomic E-state index is 0.156. The Morgan fingerprint density at radius 1 is 1.31 bits per heavy atom. The second-order valence-electron chi connectivity index (χ2n) is 6.63. The lowest BCUT2D eigenvalue weighted by Gasteiger charge is -2.37. The van der Waals surface area contributed by atoms with Crippen LogP contribution >= 0.6 is 0 Å². The summed E-state index contributed by atoms with van der Waals surface area (Å²) in [5, 5.41) is 10.0. The lowest BCUT2D eigenvalue weighted by molar-refractivity contribution is 0.0938. The number of nitrogens with two attached hydrogens (primary N) is 1. The fraction of sp³-hybridized carbons (Fsp3) is 1.00. The topological polar surface area (TPSA) is 55.5 Å². The Kier molecular flexibility index (Phi) is 4.22. The van der Waals surface area contributed by atoms with Crippen molar-refractivity contribution in [1.29, 1.82) is 0 Å². The van der Waals surface area contributed by atoms with Crippen molar-refractivity contribution >= 4 is 8.32 Å². The van der Waals surface area contributed by atoms with Gasteiger partial charge in [-0.05, 0) is 31.0 Å². The minimum Gasteiger partial charge on any atom is -0.416 e. The summed E-state index contributed by atoms with van der Waals surface area (Å²) in [6.45, 7) is 11.9. The highest BCUT2D eigenvalue weighted by Gasteiger charge is 2.39. The van der Waals surface area contributed by atoms with E-state index in [1.807, 2.05) is 0 Å². The highest BCUT2D eigenvalue weighted by Crippen LogP contribution is 2.37. The molecule has 0 heterocycles. The second kappa shape index (κ2) is 4.76. The summed E-state index contributed by atoms with van der Waals surface area (Å²) in [5.41, 5.74) is 5.84. The normalized spacial score (nSPS) is 32.1. The van der Waals surface area contributed by atoms with Crippen molar-refractivity contribution in [2.24, 2.45) is 11.7 Å². The van der Waals surface area contributed by atoms with E-state index in [2.05, 4.69) is 33.9 Å². The van der Waals surface area contributed by atoms with Gasteiger partial charge in [0.2, 0.25) is 0 Å². The van der Waals surface area contributed by atoms with Crippen LogP contribution in [0.15, 0.2) is 0 Å². The molecule has 0 amide bonds. The SMILES string of the molecule is CC(C)(C)[Si](C)(C)OC[C@@H]1C[C@@H](N)C[C@@H]1O. The van der Waals surface area contributed by atoms with Crippen LogP contribution in [-0.2, 0) is 4.43 Å². The third-order valence-corrected chi connectivity index (χ3v) is 8.66. The number of hydrogen-bond donors (Lipinski definition) is 2. The summed E-state index contributed by atoms with van der Waals surface area (Å²) in [7, 11) is -1.68. The third kappa shape index (κ3) is 3.29. The molecule has 0 spiro atoms. The maximum atomic E-state index is 9.81. The molecule has 1 aliphatic rings. The molecule has 0 aromatic rings. The molecule has 96 valence electrons. The molecule has 1 rings (SSSR count). The zero-order valence-electron chi connectivity index (χ0n) is 11.3. The monoisotopic (exact) mass is 245 g/mol. The highest BCUT2D eigenvalue weighted by molar-refractivity contribution is 6.74. The predicted octanol–water partition coefficient (Wildman–Crippen LogP) is 2.11. The number of hydrogen-bond acceptors (Lipinski definition) is 3. The van der Waals surface area contributed by atoms with Crippen molar-refractivity contribution in [2.75, 3.05) is 6.61 Å². The zero-order valence-corrected chi connectivity index (χ0v) is 12.3. The van der Waals surface area contributed by atoms with E-state index < -0.39 is 8.32 Å². The van der Waals surface area contributed by atoms with E-state index >= 15 is 0 Å². The van der Waals surface area contributed by atoms with E-state index in [-0.39, 0.29) is 23.1 Å². The van der Waals surface area contributed by atoms with E-state index in [0.717, 1.165) is 12.8 Å². The summed E-state index contributed by atoms with van der Waals surface area (Å²) in [6, 6.07) is 0.156. The van der Waals surface area contributed by atoms with Gasteiger partial charge in [-0.15, -0.1) is 0 Å². The molecule has 0 bridgehead atoms. The molecule has 0 aromatic heterocycles. The maximum Gasteiger partial charge on any atom is 0.191 e. The van der Waals surface area contributed by atoms with E-state index in [1.54, 1.807) is 0 Å². The summed E-state index contributed by atoms with van der Waals surface area (Å²) < 4.78 is 6.12. The smallest absolute Gasteiger partial charge is 0.191 e. The quantitative estimate of drug-likeness (QED) is 0.749. The predicted molar refractivity (Wildman–Crippen MR) is 69.9 cm³/mol. The van der Waals surface area contributed by atoms with Crippen LogP contribution in [0.25, 0.3) is 0 Å². The van der Waals surface area contributed by atoms with Crippen LogP contribution in [0, 0.1) is 5.92 Å². The lowest BCUT2D eigenvalue weighted by atomic mass is 10.1. The first-order chi connectivity index (χ1) is 7.13. The Morgan fingerprint density at radius 2 is 1.88 bits per heavy atom. The lowest BCUT2D eigenvalue weighted by Crippen LogP contribution is -2.42. The van der Waals surface area contributed by atoms with Crippen molar-refractivity contribution < 1.29 is 9.53 Å². The van der Waals surface area contributed by atoms with Gasteiger partial charge in [0.25, 0.3) is 0 Å². The van der Waals surface area contributed by atoms with Crippen LogP contribution in [0.5, 0.6) is 0 Å². The molecule has 0 radical (unpaired) electrons. The van der Waals surface area contributed by atoms with Crippen molar-refractivity contribution in [3.8, 4) is 0 Å². The van der Waals surface area contributed by atoms with Crippen molar-refractivity contribution in [3.05, 3.63) is 0 Å². The Bertz CT molecular complexity index is 238. The summed E-state index contributed by atoms with van der Waals surface area (Å²) in [5.74, 6) is 0.240. The molecule has 3 nitrogen and oxygen atoms in total. The van der Waals surface area contributed by atoms with E-state index in [0.29, 0.717) is 6.61 Å². The number of aliphatic hydroxyl groups excluding tert-OH is 1. The van der Waals surface area contributed by atoms with Gasteiger partial charge in [0.05, 0.1) is 6.10 Å². The van der Waals surface area contributed by atoms with Gasteiger partial charge < -0.3 is 15.3 Å². The number of rotatable bonds is 3. The molecular formula is C12H27NO2Si. The molecule has 1 saturated carbocycles. The molecule has 3 N–H and O–H groups in total. The average molecular weight is 245 g/mol. The fourth-order valence-electron chi connectivity index (χ4n) is 1.86. The van der Waals surface area contributed by atoms with Crippen LogP contribution in [0.3, 0.4) is 0 Å². The molecule has 1 aliphatic carbocycles. The highest BCUT2D eigenvalue weighted by atomic mass is 28.4. The van der Waals surface area contributed by atoms with Gasteiger partial charge in [-0.3, -0.25) is 0 Å². The molecule has 3 atom stereocenters. The van der Waals surface area contributed by atoms with Crippen LogP contribution in [0.1, 0.15) is 33.6 Å². The molecule has 0 aliphatic heterocycles. The first kappa shape index (κ1) is 14.2. The Hall–Kier alpha value is 0.0969. The van der Waals surface area contributed by atoms with Gasteiger partial charge in [-0.1, -0.05) is 20.8 Å². The molecule has 0 saturated heterocycles. The first-order valence-corrected chi connectivity index (χ1v) is 9.12. The average Bonchev–Trinajstić information content (AvgIpc) is 2.39.